The molecule has 0 aliphatic heterocycles. The summed E-state index contributed by atoms with van der Waals surface area (Å²) in [6.07, 6.45) is 0.0295. The summed E-state index contributed by atoms with van der Waals surface area (Å²) in [6, 6.07) is 17.9. The van der Waals surface area contributed by atoms with Crippen LogP contribution in [0.1, 0.15) is 28.4 Å². The van der Waals surface area contributed by atoms with Crippen LogP contribution >= 0.6 is 11.6 Å². The van der Waals surface area contributed by atoms with Crippen LogP contribution in [-0.2, 0) is 27.8 Å². The van der Waals surface area contributed by atoms with E-state index in [1.165, 1.54) is 19.1 Å². The Morgan fingerprint density at radius 1 is 1.00 bits per heavy atom. The SMILES string of the molecule is CC(=O)c1cccc(OCc2ccc(NC(=O)Cc3ccccc3Cl)cc2S(N)(=O)=O)c1. The smallest absolute Gasteiger partial charge is 0.238 e. The molecule has 0 aliphatic rings. The van der Waals surface area contributed by atoms with Crippen LogP contribution in [0.3, 0.4) is 0 Å². The molecule has 0 fully saturated rings. The summed E-state index contributed by atoms with van der Waals surface area (Å²) in [7, 11) is -4.09. The Labute approximate surface area is 191 Å². The van der Waals surface area contributed by atoms with E-state index in [1.54, 1.807) is 54.6 Å². The minimum absolute atomic E-state index is 0.0295. The van der Waals surface area contributed by atoms with Gasteiger partial charge >= 0.3 is 0 Å². The van der Waals surface area contributed by atoms with Gasteiger partial charge in [0, 0.05) is 21.8 Å². The molecular formula is C23H21ClN2O5S. The van der Waals surface area contributed by atoms with Gasteiger partial charge in [-0.1, -0.05) is 48.0 Å². The Morgan fingerprint density at radius 2 is 1.75 bits per heavy atom. The quantitative estimate of drug-likeness (QED) is 0.481. The second-order valence-electron chi connectivity index (χ2n) is 7.06. The standard InChI is InChI=1S/C23H21ClN2O5S/c1-15(27)16-6-4-7-20(11-16)31-14-18-9-10-19(13-22(18)32(25,29)30)26-23(28)12-17-5-2-3-8-21(17)24/h2-11,13H,12,14H2,1H3,(H,26,28)(H2,25,29,30). The summed E-state index contributed by atoms with van der Waals surface area (Å²) in [6.45, 7) is 1.35. The van der Waals surface area contributed by atoms with Gasteiger partial charge in [-0.15, -0.1) is 0 Å². The number of benzene rings is 3. The molecule has 0 radical (unpaired) electrons. The number of amides is 1. The van der Waals surface area contributed by atoms with Crippen molar-refractivity contribution in [2.45, 2.75) is 24.8 Å². The van der Waals surface area contributed by atoms with Crippen LogP contribution in [0, 0.1) is 0 Å². The maximum Gasteiger partial charge on any atom is 0.238 e. The van der Waals surface area contributed by atoms with Gasteiger partial charge in [0.2, 0.25) is 15.9 Å². The van der Waals surface area contributed by atoms with E-state index in [0.717, 1.165) is 0 Å². The Morgan fingerprint density at radius 3 is 2.44 bits per heavy atom. The van der Waals surface area contributed by atoms with Crippen LogP contribution in [0.15, 0.2) is 71.6 Å². The summed E-state index contributed by atoms with van der Waals surface area (Å²) in [5, 5.41) is 8.50. The number of halogens is 1. The highest BCUT2D eigenvalue weighted by Crippen LogP contribution is 2.23. The molecular weight excluding hydrogens is 452 g/mol. The third-order valence-corrected chi connectivity index (χ3v) is 5.96. The highest BCUT2D eigenvalue weighted by Gasteiger charge is 2.17. The molecule has 0 atom stereocenters. The normalized spacial score (nSPS) is 11.1. The first-order chi connectivity index (χ1) is 15.1. The maximum absolute atomic E-state index is 12.4. The van der Waals surface area contributed by atoms with Gasteiger partial charge in [-0.25, -0.2) is 13.6 Å². The summed E-state index contributed by atoms with van der Waals surface area (Å²) in [5.41, 5.74) is 1.71. The number of sulfonamides is 1. The van der Waals surface area contributed by atoms with Gasteiger partial charge < -0.3 is 10.1 Å². The zero-order chi connectivity index (χ0) is 23.3. The molecule has 0 unspecified atom stereocenters. The first-order valence-corrected chi connectivity index (χ1v) is 11.5. The number of nitrogens with one attached hydrogen (secondary N) is 1. The zero-order valence-electron chi connectivity index (χ0n) is 17.2. The van der Waals surface area contributed by atoms with Crippen LogP contribution < -0.4 is 15.2 Å². The van der Waals surface area contributed by atoms with E-state index >= 15 is 0 Å². The number of anilines is 1. The molecule has 32 heavy (non-hydrogen) atoms. The Balaban J connectivity index is 1.77. The Kier molecular flexibility index (Phi) is 7.29. The largest absolute Gasteiger partial charge is 0.489 e. The van der Waals surface area contributed by atoms with E-state index in [0.29, 0.717) is 27.5 Å². The van der Waals surface area contributed by atoms with Crippen molar-refractivity contribution in [2.75, 3.05) is 5.32 Å². The number of primary sulfonamides is 1. The van der Waals surface area contributed by atoms with E-state index in [2.05, 4.69) is 5.32 Å². The summed E-state index contributed by atoms with van der Waals surface area (Å²) >= 11 is 6.08. The van der Waals surface area contributed by atoms with Crippen molar-refractivity contribution in [3.8, 4) is 5.75 Å². The summed E-state index contributed by atoms with van der Waals surface area (Å²) in [5.74, 6) is -0.0590. The van der Waals surface area contributed by atoms with E-state index < -0.39 is 10.0 Å². The maximum atomic E-state index is 12.4. The number of hydrogen-bond acceptors (Lipinski definition) is 5. The molecule has 9 heteroatoms. The number of ketones is 1. The fraction of sp³-hybridized carbons (Fsp3) is 0.130. The fourth-order valence-electron chi connectivity index (χ4n) is 3.00. The number of nitrogens with two attached hydrogens (primary N) is 1. The third-order valence-electron chi connectivity index (χ3n) is 4.60. The Hall–Kier alpha value is -3.20. The summed E-state index contributed by atoms with van der Waals surface area (Å²) in [4.78, 5) is 23.7. The van der Waals surface area contributed by atoms with Crippen molar-refractivity contribution in [2.24, 2.45) is 5.14 Å². The molecule has 0 heterocycles. The average molecular weight is 473 g/mol. The summed E-state index contributed by atoms with van der Waals surface area (Å²) < 4.78 is 29.9. The number of ether oxygens (including phenoxy) is 1. The van der Waals surface area contributed by atoms with Crippen LogP contribution in [0.2, 0.25) is 5.02 Å². The number of carbonyl (C=O) groups excluding carboxylic acids is 2. The molecule has 1 amide bonds. The highest BCUT2D eigenvalue weighted by molar-refractivity contribution is 7.89. The van der Waals surface area contributed by atoms with Gasteiger partial charge in [0.25, 0.3) is 0 Å². The second kappa shape index (κ2) is 9.95. The van der Waals surface area contributed by atoms with E-state index in [-0.39, 0.29) is 35.3 Å². The van der Waals surface area contributed by atoms with Crippen LogP contribution in [-0.4, -0.2) is 20.1 Å². The van der Waals surface area contributed by atoms with Crippen molar-refractivity contribution in [1.29, 1.82) is 0 Å². The predicted molar refractivity (Wildman–Crippen MR) is 122 cm³/mol. The molecule has 0 saturated carbocycles. The fourth-order valence-corrected chi connectivity index (χ4v) is 3.99. The van der Waals surface area contributed by atoms with Gasteiger partial charge in [-0.3, -0.25) is 9.59 Å². The molecule has 166 valence electrons. The lowest BCUT2D eigenvalue weighted by atomic mass is 10.1. The minimum Gasteiger partial charge on any atom is -0.489 e. The molecule has 0 aliphatic carbocycles. The van der Waals surface area contributed by atoms with Crippen molar-refractivity contribution in [3.63, 3.8) is 0 Å². The van der Waals surface area contributed by atoms with Crippen LogP contribution in [0.4, 0.5) is 5.69 Å². The first-order valence-electron chi connectivity index (χ1n) is 9.56. The highest BCUT2D eigenvalue weighted by atomic mass is 35.5. The lowest BCUT2D eigenvalue weighted by molar-refractivity contribution is -0.115. The second-order valence-corrected chi connectivity index (χ2v) is 8.99. The van der Waals surface area contributed by atoms with Crippen LogP contribution in [0.25, 0.3) is 0 Å². The van der Waals surface area contributed by atoms with Gasteiger partial charge in [0.05, 0.1) is 11.3 Å². The number of carbonyl (C=O) groups is 2. The molecule has 0 saturated heterocycles. The molecule has 3 aromatic carbocycles. The number of hydrogen-bond donors (Lipinski definition) is 2. The molecule has 0 bridgehead atoms. The molecule has 7 nitrogen and oxygen atoms in total. The van der Waals surface area contributed by atoms with E-state index in [1.807, 2.05) is 0 Å². The van der Waals surface area contributed by atoms with Gasteiger partial charge in [-0.2, -0.15) is 0 Å². The average Bonchev–Trinajstić information content (AvgIpc) is 2.74. The van der Waals surface area contributed by atoms with Crippen molar-refractivity contribution in [3.05, 3.63) is 88.4 Å². The van der Waals surface area contributed by atoms with Gasteiger partial charge in [0.1, 0.15) is 12.4 Å². The lowest BCUT2D eigenvalue weighted by Crippen LogP contribution is -2.18. The third kappa shape index (κ3) is 6.16. The predicted octanol–water partition coefficient (Wildman–Crippen LogP) is 3.95. The molecule has 0 aromatic heterocycles. The van der Waals surface area contributed by atoms with Crippen molar-refractivity contribution in [1.82, 2.24) is 0 Å². The van der Waals surface area contributed by atoms with Gasteiger partial charge in [0.15, 0.2) is 5.78 Å². The van der Waals surface area contributed by atoms with E-state index in [4.69, 9.17) is 21.5 Å². The topological polar surface area (TPSA) is 116 Å². The van der Waals surface area contributed by atoms with Crippen molar-refractivity contribution < 1.29 is 22.7 Å². The molecule has 3 rings (SSSR count). The first kappa shape index (κ1) is 23.5. The molecule has 3 aromatic rings. The molecule has 3 N–H and O–H groups in total. The number of Topliss-reactive ketones (excluding diaryl/α,β-unsaturated/α-hetero) is 1. The molecule has 0 spiro atoms. The van der Waals surface area contributed by atoms with Crippen molar-refractivity contribution >= 4 is 39.0 Å². The minimum atomic E-state index is -4.09. The lowest BCUT2D eigenvalue weighted by Gasteiger charge is -2.13. The van der Waals surface area contributed by atoms with Crippen LogP contribution in [0.5, 0.6) is 5.75 Å². The number of rotatable bonds is 8. The zero-order valence-corrected chi connectivity index (χ0v) is 18.7. The van der Waals surface area contributed by atoms with E-state index in [9.17, 15) is 18.0 Å². The van der Waals surface area contributed by atoms with Gasteiger partial charge in [-0.05, 0) is 42.8 Å². The monoisotopic (exact) mass is 472 g/mol. The Bertz CT molecular complexity index is 1270.